The minimum absolute atomic E-state index is 0. The summed E-state index contributed by atoms with van der Waals surface area (Å²) >= 11 is 10.9. The Balaban J connectivity index is 0. The third kappa shape index (κ3) is 9.00. The van der Waals surface area contributed by atoms with Crippen LogP contribution in [-0.4, -0.2) is 32.3 Å². The number of hydrogen-bond donors (Lipinski definition) is 0. The molecule has 0 saturated heterocycles. The summed E-state index contributed by atoms with van der Waals surface area (Å²) < 4.78 is 0. The number of aromatic nitrogens is 4. The molecule has 0 aliphatic carbocycles. The third-order valence-corrected chi connectivity index (χ3v) is 3.30. The maximum Gasteiger partial charge on any atom is 1.00 e. The first-order valence-corrected chi connectivity index (χ1v) is 7.38. The van der Waals surface area contributed by atoms with Crippen LogP contribution in [0, 0.1) is 0 Å². The van der Waals surface area contributed by atoms with E-state index in [2.05, 4.69) is 20.4 Å². The first kappa shape index (κ1) is 27.1. The zero-order chi connectivity index (χ0) is 18.3. The van der Waals surface area contributed by atoms with Gasteiger partial charge in [0.25, 0.3) is 0 Å². The van der Waals surface area contributed by atoms with Gasteiger partial charge in [0.1, 0.15) is 0 Å². The van der Waals surface area contributed by atoms with Crippen LogP contribution in [0.1, 0.15) is 37.1 Å². The SMILES string of the molecule is CC(C(=O)[O-])c1ccc(Cl)nn1.CC(C(=O)[O-])c1ccc(Cl)nn1.[Li+].[Li+]. The Bertz CT molecular complexity index is 644. The van der Waals surface area contributed by atoms with E-state index < -0.39 is 23.8 Å². The van der Waals surface area contributed by atoms with E-state index in [-0.39, 0.29) is 48.0 Å². The van der Waals surface area contributed by atoms with Gasteiger partial charge < -0.3 is 19.8 Å². The summed E-state index contributed by atoms with van der Waals surface area (Å²) in [5, 5.41) is 35.4. The van der Waals surface area contributed by atoms with Crippen molar-refractivity contribution >= 4 is 35.1 Å². The second-order valence-corrected chi connectivity index (χ2v) is 5.42. The van der Waals surface area contributed by atoms with Crippen molar-refractivity contribution in [3.8, 4) is 0 Å². The monoisotopic (exact) mass is 384 g/mol. The van der Waals surface area contributed by atoms with Crippen LogP contribution in [0.3, 0.4) is 0 Å². The molecule has 0 radical (unpaired) electrons. The molecule has 0 aliphatic rings. The van der Waals surface area contributed by atoms with Crippen LogP contribution in [0.4, 0.5) is 0 Å². The molecule has 2 heterocycles. The number of halogens is 2. The molecule has 2 aromatic rings. The molecule has 0 amide bonds. The average molecular weight is 385 g/mol. The Hall–Kier alpha value is -1.13. The molecule has 0 spiro atoms. The molecule has 0 N–H and O–H groups in total. The van der Waals surface area contributed by atoms with Crippen LogP contribution >= 0.6 is 23.2 Å². The van der Waals surface area contributed by atoms with Gasteiger partial charge in [0, 0.05) is 11.8 Å². The topological polar surface area (TPSA) is 132 Å². The molecule has 2 atom stereocenters. The third-order valence-electron chi connectivity index (χ3n) is 2.90. The van der Waals surface area contributed by atoms with Crippen molar-refractivity contribution in [3.05, 3.63) is 46.0 Å². The van der Waals surface area contributed by atoms with Crippen molar-refractivity contribution in [2.24, 2.45) is 0 Å². The van der Waals surface area contributed by atoms with Gasteiger partial charge in [-0.05, 0) is 24.3 Å². The van der Waals surface area contributed by atoms with Gasteiger partial charge in [-0.15, -0.1) is 10.2 Å². The first-order chi connectivity index (χ1) is 11.2. The molecule has 2 aromatic heterocycles. The Morgan fingerprint density at radius 2 is 1.08 bits per heavy atom. The largest absolute Gasteiger partial charge is 1.00 e. The second kappa shape index (κ2) is 13.1. The van der Waals surface area contributed by atoms with E-state index in [9.17, 15) is 19.8 Å². The summed E-state index contributed by atoms with van der Waals surface area (Å²) in [6.07, 6.45) is 0. The van der Waals surface area contributed by atoms with Crippen molar-refractivity contribution < 1.29 is 57.5 Å². The zero-order valence-electron chi connectivity index (χ0n) is 14.6. The van der Waals surface area contributed by atoms with E-state index in [1.807, 2.05) is 0 Å². The van der Waals surface area contributed by atoms with Gasteiger partial charge in [-0.2, -0.15) is 10.2 Å². The smallest absolute Gasteiger partial charge is 0.549 e. The van der Waals surface area contributed by atoms with Crippen LogP contribution < -0.4 is 47.9 Å². The van der Waals surface area contributed by atoms with E-state index in [1.165, 1.54) is 38.1 Å². The van der Waals surface area contributed by atoms with E-state index in [0.29, 0.717) is 11.4 Å². The molecule has 2 rings (SSSR count). The minimum atomic E-state index is -1.17. The van der Waals surface area contributed by atoms with Crippen molar-refractivity contribution in [1.29, 1.82) is 0 Å². The fourth-order valence-corrected chi connectivity index (χ4v) is 1.56. The van der Waals surface area contributed by atoms with E-state index >= 15 is 0 Å². The maximum absolute atomic E-state index is 10.4. The van der Waals surface area contributed by atoms with Crippen LogP contribution in [-0.2, 0) is 9.59 Å². The average Bonchev–Trinajstić information content (AvgIpc) is 2.55. The van der Waals surface area contributed by atoms with Gasteiger partial charge in [-0.1, -0.05) is 37.0 Å². The summed E-state index contributed by atoms with van der Waals surface area (Å²) in [7, 11) is 0. The molecule has 26 heavy (non-hydrogen) atoms. The molecule has 0 saturated carbocycles. The van der Waals surface area contributed by atoms with E-state index in [1.54, 1.807) is 0 Å². The Morgan fingerprint density at radius 1 is 0.769 bits per heavy atom. The predicted molar refractivity (Wildman–Crippen MR) is 80.9 cm³/mol. The Kier molecular flexibility index (Phi) is 13.7. The molecule has 12 heteroatoms. The number of carbonyl (C=O) groups excluding carboxylic acids is 2. The first-order valence-electron chi connectivity index (χ1n) is 6.62. The Morgan fingerprint density at radius 3 is 1.27 bits per heavy atom. The molecule has 0 bridgehead atoms. The standard InChI is InChI=1S/2C7H7ClN2O2.2Li/c2*1-4(7(11)12)5-2-3-6(8)10-9-5;;/h2*2-4H,1H3,(H,11,12);;/q;;2*+1/p-2. The number of hydrogen-bond acceptors (Lipinski definition) is 8. The van der Waals surface area contributed by atoms with Gasteiger partial charge in [0.15, 0.2) is 10.3 Å². The van der Waals surface area contributed by atoms with Crippen molar-refractivity contribution in [2.45, 2.75) is 25.7 Å². The van der Waals surface area contributed by atoms with Crippen LogP contribution in [0.25, 0.3) is 0 Å². The molecule has 128 valence electrons. The van der Waals surface area contributed by atoms with Crippen molar-refractivity contribution in [2.75, 3.05) is 0 Å². The molecule has 8 nitrogen and oxygen atoms in total. The number of carbonyl (C=O) groups is 2. The van der Waals surface area contributed by atoms with Crippen LogP contribution in [0.5, 0.6) is 0 Å². The van der Waals surface area contributed by atoms with Crippen LogP contribution in [0.15, 0.2) is 24.3 Å². The molecule has 0 aliphatic heterocycles. The van der Waals surface area contributed by atoms with Gasteiger partial charge in [0.2, 0.25) is 0 Å². The number of aliphatic carboxylic acids is 2. The van der Waals surface area contributed by atoms with Crippen molar-refractivity contribution in [1.82, 2.24) is 20.4 Å². The van der Waals surface area contributed by atoms with Gasteiger partial charge >= 0.3 is 37.7 Å². The zero-order valence-corrected chi connectivity index (χ0v) is 16.2. The number of carboxylic acid groups (broad SMARTS) is 2. The summed E-state index contributed by atoms with van der Waals surface area (Å²) in [6.45, 7) is 2.96. The maximum atomic E-state index is 10.4. The predicted octanol–water partition coefficient (Wildman–Crippen LogP) is -6.03. The van der Waals surface area contributed by atoms with Crippen molar-refractivity contribution in [3.63, 3.8) is 0 Å². The summed E-state index contributed by atoms with van der Waals surface area (Å²) in [5.41, 5.74) is 0.693. The summed E-state index contributed by atoms with van der Waals surface area (Å²) in [5.74, 6) is -3.86. The summed E-state index contributed by atoms with van der Waals surface area (Å²) in [4.78, 5) is 20.7. The van der Waals surface area contributed by atoms with E-state index in [4.69, 9.17) is 23.2 Å². The number of carboxylic acids is 2. The van der Waals surface area contributed by atoms with Gasteiger partial charge in [-0.3, -0.25) is 0 Å². The molecular weight excluding hydrogens is 373 g/mol. The molecule has 0 aromatic carbocycles. The molecule has 0 fully saturated rings. The summed E-state index contributed by atoms with van der Waals surface area (Å²) in [6, 6.07) is 6.00. The molecular formula is C14H12Cl2Li2N4O4. The minimum Gasteiger partial charge on any atom is -0.549 e. The fourth-order valence-electron chi connectivity index (χ4n) is 1.36. The van der Waals surface area contributed by atoms with Gasteiger partial charge in [-0.25, -0.2) is 0 Å². The Labute approximate surface area is 184 Å². The normalized spacial score (nSPS) is 11.5. The van der Waals surface area contributed by atoms with E-state index in [0.717, 1.165) is 0 Å². The fraction of sp³-hybridized carbons (Fsp3) is 0.286. The quantitative estimate of drug-likeness (QED) is 0.476. The molecule has 2 unspecified atom stereocenters. The van der Waals surface area contributed by atoms with Gasteiger partial charge in [0.05, 0.1) is 23.3 Å². The second-order valence-electron chi connectivity index (χ2n) is 4.64. The number of nitrogens with zero attached hydrogens (tertiary/aromatic N) is 4. The van der Waals surface area contributed by atoms with Crippen LogP contribution in [0.2, 0.25) is 10.3 Å². The number of rotatable bonds is 4.